The smallest absolute Gasteiger partial charge is 0.410 e. The number of halogens is 1. The lowest BCUT2D eigenvalue weighted by molar-refractivity contribution is 0.0839. The van der Waals surface area contributed by atoms with E-state index in [0.29, 0.717) is 36.2 Å². The number of nitrogens with one attached hydrogen (secondary N) is 2. The monoisotopic (exact) mass is 476 g/mol. The molecule has 5 rings (SSSR count). The molecule has 3 heterocycles. The average molecular weight is 477 g/mol. The number of rotatable bonds is 5. The third kappa shape index (κ3) is 4.83. The van der Waals surface area contributed by atoms with Gasteiger partial charge in [-0.05, 0) is 18.1 Å². The molecule has 1 saturated heterocycles. The van der Waals surface area contributed by atoms with Crippen LogP contribution in [0.2, 0.25) is 5.02 Å². The van der Waals surface area contributed by atoms with Crippen LogP contribution >= 0.6 is 11.6 Å². The molecule has 0 radical (unpaired) electrons. The number of anilines is 1. The van der Waals surface area contributed by atoms with Gasteiger partial charge in [-0.15, -0.1) is 0 Å². The van der Waals surface area contributed by atoms with E-state index in [1.165, 1.54) is 0 Å². The zero-order valence-electron chi connectivity index (χ0n) is 18.4. The molecule has 0 spiro atoms. The summed E-state index contributed by atoms with van der Waals surface area (Å²) in [6.07, 6.45) is 3.77. The molecule has 174 valence electrons. The Morgan fingerprint density at radius 2 is 1.97 bits per heavy atom. The first-order valence-corrected chi connectivity index (χ1v) is 11.5. The van der Waals surface area contributed by atoms with Gasteiger partial charge >= 0.3 is 6.09 Å². The molecule has 34 heavy (non-hydrogen) atoms. The largest absolute Gasteiger partial charge is 0.445 e. The van der Waals surface area contributed by atoms with E-state index in [1.807, 2.05) is 60.8 Å². The lowest BCUT2D eigenvalue weighted by atomic mass is 10.0. The minimum Gasteiger partial charge on any atom is -0.445 e. The number of carbonyl (C=O) groups excluding carboxylic acids is 1. The number of benzene rings is 2. The first-order chi connectivity index (χ1) is 16.6. The van der Waals surface area contributed by atoms with E-state index in [0.717, 1.165) is 22.0 Å². The van der Waals surface area contributed by atoms with Crippen LogP contribution in [0.3, 0.4) is 0 Å². The fraction of sp³-hybridized carbons (Fsp3) is 0.240. The number of aromatic nitrogens is 3. The van der Waals surface area contributed by atoms with Crippen LogP contribution in [-0.4, -0.2) is 51.1 Å². The van der Waals surface area contributed by atoms with Crippen LogP contribution in [-0.2, 0) is 11.3 Å². The Morgan fingerprint density at radius 1 is 1.18 bits per heavy atom. The maximum absolute atomic E-state index is 12.7. The molecule has 0 aliphatic carbocycles. The Bertz CT molecular complexity index is 1300. The standard InChI is InChI=1S/C25H25ClN6O2/c26-21-12-29-24(31-23(21)20-11-28-22-9-5-4-8-19(20)22)30-18-10-17(27)13-32(14-18)25(33)34-15-16-6-2-1-3-7-16/h1-9,11-12,17-18,28H,10,13-15,27H2,(H,29,30,31). The number of nitrogens with two attached hydrogens (primary N) is 1. The van der Waals surface area contributed by atoms with Gasteiger partial charge in [-0.2, -0.15) is 0 Å². The summed E-state index contributed by atoms with van der Waals surface area (Å²) >= 11 is 6.45. The lowest BCUT2D eigenvalue weighted by Crippen LogP contribution is -2.53. The predicted molar refractivity (Wildman–Crippen MR) is 133 cm³/mol. The molecule has 2 atom stereocenters. The number of carbonyl (C=O) groups is 1. The highest BCUT2D eigenvalue weighted by molar-refractivity contribution is 6.33. The van der Waals surface area contributed by atoms with Crippen LogP contribution in [0.1, 0.15) is 12.0 Å². The van der Waals surface area contributed by atoms with Crippen molar-refractivity contribution in [2.24, 2.45) is 5.73 Å². The Balaban J connectivity index is 1.29. The van der Waals surface area contributed by atoms with Gasteiger partial charge < -0.3 is 25.7 Å². The molecule has 1 aliphatic heterocycles. The third-order valence-electron chi connectivity index (χ3n) is 5.87. The van der Waals surface area contributed by atoms with Crippen molar-refractivity contribution in [3.05, 3.63) is 77.6 Å². The van der Waals surface area contributed by atoms with Crippen molar-refractivity contribution >= 4 is 34.5 Å². The van der Waals surface area contributed by atoms with Crippen LogP contribution in [0.15, 0.2) is 67.0 Å². The maximum atomic E-state index is 12.7. The molecule has 9 heteroatoms. The second-order valence-corrected chi connectivity index (χ2v) is 8.83. The number of hydrogen-bond acceptors (Lipinski definition) is 6. The zero-order valence-corrected chi connectivity index (χ0v) is 19.2. The molecular weight excluding hydrogens is 452 g/mol. The van der Waals surface area contributed by atoms with Crippen molar-refractivity contribution in [3.63, 3.8) is 0 Å². The molecule has 2 aromatic heterocycles. The number of piperidine rings is 1. The normalized spacial score (nSPS) is 18.1. The number of likely N-dealkylation sites (tertiary alicyclic amines) is 1. The fourth-order valence-corrected chi connectivity index (χ4v) is 4.47. The van der Waals surface area contributed by atoms with Crippen molar-refractivity contribution in [2.75, 3.05) is 18.4 Å². The number of nitrogens with zero attached hydrogens (tertiary/aromatic N) is 3. The van der Waals surface area contributed by atoms with Crippen molar-refractivity contribution in [2.45, 2.75) is 25.1 Å². The number of ether oxygens (including phenoxy) is 1. The van der Waals surface area contributed by atoms with Crippen molar-refractivity contribution in [1.29, 1.82) is 0 Å². The summed E-state index contributed by atoms with van der Waals surface area (Å²) < 4.78 is 5.49. The highest BCUT2D eigenvalue weighted by Crippen LogP contribution is 2.32. The van der Waals surface area contributed by atoms with E-state index in [2.05, 4.69) is 20.3 Å². The Hall–Kier alpha value is -3.62. The molecule has 4 N–H and O–H groups in total. The molecular formula is C25H25ClN6O2. The van der Waals surface area contributed by atoms with Crippen molar-refractivity contribution < 1.29 is 9.53 Å². The summed E-state index contributed by atoms with van der Waals surface area (Å²) in [5.74, 6) is 0.432. The summed E-state index contributed by atoms with van der Waals surface area (Å²) in [7, 11) is 0. The second kappa shape index (κ2) is 9.70. The third-order valence-corrected chi connectivity index (χ3v) is 6.14. The maximum Gasteiger partial charge on any atom is 0.410 e. The molecule has 0 saturated carbocycles. The summed E-state index contributed by atoms with van der Waals surface area (Å²) in [6.45, 7) is 1.10. The average Bonchev–Trinajstić information content (AvgIpc) is 3.28. The summed E-state index contributed by atoms with van der Waals surface area (Å²) in [6, 6.07) is 17.3. The Morgan fingerprint density at radius 3 is 2.82 bits per heavy atom. The molecule has 8 nitrogen and oxygen atoms in total. The molecule has 4 aromatic rings. The van der Waals surface area contributed by atoms with Crippen molar-refractivity contribution in [3.8, 4) is 11.3 Å². The number of hydrogen-bond donors (Lipinski definition) is 3. The minimum atomic E-state index is -0.387. The molecule has 2 unspecified atom stereocenters. The van der Waals surface area contributed by atoms with Gasteiger partial charge in [0.1, 0.15) is 6.61 Å². The van der Waals surface area contributed by atoms with Crippen LogP contribution < -0.4 is 11.1 Å². The Kier molecular flexibility index (Phi) is 6.33. The van der Waals surface area contributed by atoms with Gasteiger partial charge in [-0.3, -0.25) is 0 Å². The molecule has 0 bridgehead atoms. The molecule has 1 amide bonds. The summed E-state index contributed by atoms with van der Waals surface area (Å²) in [5, 5.41) is 4.82. The number of amides is 1. The number of fused-ring (bicyclic) bond motifs is 1. The predicted octanol–water partition coefficient (Wildman–Crippen LogP) is 4.43. The molecule has 1 fully saturated rings. The first kappa shape index (κ1) is 22.2. The van der Waals surface area contributed by atoms with Crippen molar-refractivity contribution in [1.82, 2.24) is 19.9 Å². The van der Waals surface area contributed by atoms with Gasteiger partial charge in [-0.1, -0.05) is 60.1 Å². The van der Waals surface area contributed by atoms with Crippen LogP contribution in [0, 0.1) is 0 Å². The summed E-state index contributed by atoms with van der Waals surface area (Å²) in [4.78, 5) is 26.6. The van der Waals surface area contributed by atoms with Gasteiger partial charge in [-0.25, -0.2) is 14.8 Å². The summed E-state index contributed by atoms with van der Waals surface area (Å²) in [5.41, 5.74) is 9.73. The van der Waals surface area contributed by atoms with Gasteiger partial charge in [0, 0.05) is 47.8 Å². The lowest BCUT2D eigenvalue weighted by Gasteiger charge is -2.35. The Labute approximate surface area is 202 Å². The quantitative estimate of drug-likeness (QED) is 0.393. The van der Waals surface area contributed by atoms with Crippen LogP contribution in [0.5, 0.6) is 0 Å². The second-order valence-electron chi connectivity index (χ2n) is 8.42. The van der Waals surface area contributed by atoms with E-state index < -0.39 is 0 Å². The van der Waals surface area contributed by atoms with E-state index in [-0.39, 0.29) is 24.8 Å². The van der Waals surface area contributed by atoms with Crippen LogP contribution in [0.4, 0.5) is 10.7 Å². The SMILES string of the molecule is NC1CC(Nc2ncc(Cl)c(-c3c[nH]c4ccccc34)n2)CN(C(=O)OCc2ccccc2)C1. The molecule has 2 aromatic carbocycles. The minimum absolute atomic E-state index is 0.120. The zero-order chi connectivity index (χ0) is 23.5. The first-order valence-electron chi connectivity index (χ1n) is 11.1. The van der Waals surface area contributed by atoms with E-state index >= 15 is 0 Å². The number of aromatic amines is 1. The van der Waals surface area contributed by atoms with E-state index in [1.54, 1.807) is 11.1 Å². The number of H-pyrrole nitrogens is 1. The van der Waals surface area contributed by atoms with Gasteiger partial charge in [0.2, 0.25) is 5.95 Å². The number of para-hydroxylation sites is 1. The topological polar surface area (TPSA) is 109 Å². The van der Waals surface area contributed by atoms with Gasteiger partial charge in [0.15, 0.2) is 0 Å². The highest BCUT2D eigenvalue weighted by Gasteiger charge is 2.29. The molecule has 1 aliphatic rings. The van der Waals surface area contributed by atoms with Gasteiger partial charge in [0.05, 0.1) is 16.9 Å². The van der Waals surface area contributed by atoms with E-state index in [9.17, 15) is 4.79 Å². The fourth-order valence-electron chi connectivity index (χ4n) is 4.28. The van der Waals surface area contributed by atoms with Crippen LogP contribution in [0.25, 0.3) is 22.2 Å². The van der Waals surface area contributed by atoms with Gasteiger partial charge in [0.25, 0.3) is 0 Å². The van der Waals surface area contributed by atoms with E-state index in [4.69, 9.17) is 22.1 Å². The highest BCUT2D eigenvalue weighted by atomic mass is 35.5.